The lowest BCUT2D eigenvalue weighted by Gasteiger charge is -2.14. The van der Waals surface area contributed by atoms with Gasteiger partial charge in [0.05, 0.1) is 12.2 Å². The van der Waals surface area contributed by atoms with Gasteiger partial charge in [-0.3, -0.25) is 0 Å². The highest BCUT2D eigenvalue weighted by atomic mass is 16.5. The SMILES string of the molecule is OC(CCCC1CCCO1)c1ccc2c(c1)CCC2. The molecule has 2 aliphatic rings. The first-order valence-corrected chi connectivity index (χ1v) is 7.74. The molecule has 0 radical (unpaired) electrons. The first kappa shape index (κ1) is 13.1. The fourth-order valence-electron chi connectivity index (χ4n) is 3.38. The molecule has 1 aromatic rings. The van der Waals surface area contributed by atoms with E-state index in [2.05, 4.69) is 18.2 Å². The zero-order chi connectivity index (χ0) is 13.1. The first-order chi connectivity index (χ1) is 9.33. The molecular weight excluding hydrogens is 236 g/mol. The van der Waals surface area contributed by atoms with Gasteiger partial charge in [0.25, 0.3) is 0 Å². The molecule has 1 N–H and O–H groups in total. The number of rotatable bonds is 5. The quantitative estimate of drug-likeness (QED) is 0.877. The van der Waals surface area contributed by atoms with Gasteiger partial charge in [0.2, 0.25) is 0 Å². The Hall–Kier alpha value is -0.860. The van der Waals surface area contributed by atoms with Crippen molar-refractivity contribution in [2.45, 2.75) is 63.6 Å². The third-order valence-corrected chi connectivity index (χ3v) is 4.53. The van der Waals surface area contributed by atoms with Crippen LogP contribution in [0.3, 0.4) is 0 Å². The Bertz CT molecular complexity index is 421. The van der Waals surface area contributed by atoms with Crippen LogP contribution in [-0.2, 0) is 17.6 Å². The smallest absolute Gasteiger partial charge is 0.0790 e. The number of fused-ring (bicyclic) bond motifs is 1. The molecule has 1 saturated heterocycles. The van der Waals surface area contributed by atoms with Crippen LogP contribution in [0.25, 0.3) is 0 Å². The highest BCUT2D eigenvalue weighted by Crippen LogP contribution is 2.28. The van der Waals surface area contributed by atoms with Gasteiger partial charge in [-0.1, -0.05) is 18.2 Å². The van der Waals surface area contributed by atoms with Crippen LogP contribution in [0.5, 0.6) is 0 Å². The average Bonchev–Trinajstić information content (AvgIpc) is 3.08. The van der Waals surface area contributed by atoms with E-state index >= 15 is 0 Å². The molecule has 19 heavy (non-hydrogen) atoms. The first-order valence-electron chi connectivity index (χ1n) is 7.74. The van der Waals surface area contributed by atoms with Gasteiger partial charge in [0, 0.05) is 6.61 Å². The topological polar surface area (TPSA) is 29.5 Å². The summed E-state index contributed by atoms with van der Waals surface area (Å²) < 4.78 is 5.62. The Morgan fingerprint density at radius 3 is 2.95 bits per heavy atom. The Labute approximate surface area is 115 Å². The monoisotopic (exact) mass is 260 g/mol. The van der Waals surface area contributed by atoms with Gasteiger partial charge >= 0.3 is 0 Å². The lowest BCUT2D eigenvalue weighted by molar-refractivity contribution is 0.0944. The summed E-state index contributed by atoms with van der Waals surface area (Å²) in [6.07, 6.45) is 9.25. The van der Waals surface area contributed by atoms with E-state index in [1.807, 2.05) is 0 Å². The zero-order valence-electron chi connectivity index (χ0n) is 11.6. The maximum absolute atomic E-state index is 10.3. The van der Waals surface area contributed by atoms with E-state index < -0.39 is 0 Å². The molecule has 104 valence electrons. The average molecular weight is 260 g/mol. The normalized spacial score (nSPS) is 23.5. The van der Waals surface area contributed by atoms with Crippen molar-refractivity contribution >= 4 is 0 Å². The van der Waals surface area contributed by atoms with Crippen LogP contribution < -0.4 is 0 Å². The van der Waals surface area contributed by atoms with E-state index in [0.717, 1.165) is 31.4 Å². The Balaban J connectivity index is 1.50. The Morgan fingerprint density at radius 2 is 2.11 bits per heavy atom. The van der Waals surface area contributed by atoms with Crippen molar-refractivity contribution in [1.29, 1.82) is 0 Å². The molecule has 3 rings (SSSR count). The molecule has 0 bridgehead atoms. The van der Waals surface area contributed by atoms with Gasteiger partial charge < -0.3 is 9.84 Å². The molecule has 0 amide bonds. The van der Waals surface area contributed by atoms with Gasteiger partial charge in [-0.15, -0.1) is 0 Å². The molecular formula is C17H24O2. The second-order valence-electron chi connectivity index (χ2n) is 5.96. The largest absolute Gasteiger partial charge is 0.388 e. The molecule has 1 aliphatic heterocycles. The van der Waals surface area contributed by atoms with Crippen molar-refractivity contribution in [3.63, 3.8) is 0 Å². The minimum atomic E-state index is -0.299. The van der Waals surface area contributed by atoms with Crippen LogP contribution in [-0.4, -0.2) is 17.8 Å². The van der Waals surface area contributed by atoms with Crippen molar-refractivity contribution in [3.8, 4) is 0 Å². The summed E-state index contributed by atoms with van der Waals surface area (Å²) in [5.74, 6) is 0. The number of benzene rings is 1. The number of hydrogen-bond donors (Lipinski definition) is 1. The fourth-order valence-corrected chi connectivity index (χ4v) is 3.38. The summed E-state index contributed by atoms with van der Waals surface area (Å²) in [5.41, 5.74) is 4.04. The number of aliphatic hydroxyl groups is 1. The van der Waals surface area contributed by atoms with E-state index in [-0.39, 0.29) is 6.10 Å². The molecule has 1 aliphatic carbocycles. The Kier molecular flexibility index (Phi) is 4.19. The summed E-state index contributed by atoms with van der Waals surface area (Å²) in [6.45, 7) is 0.929. The summed E-state index contributed by atoms with van der Waals surface area (Å²) in [7, 11) is 0. The van der Waals surface area contributed by atoms with Crippen LogP contribution in [0.2, 0.25) is 0 Å². The van der Waals surface area contributed by atoms with Crippen LogP contribution in [0.15, 0.2) is 18.2 Å². The van der Waals surface area contributed by atoms with E-state index in [9.17, 15) is 5.11 Å². The molecule has 2 heteroatoms. The number of ether oxygens (including phenoxy) is 1. The lowest BCUT2D eigenvalue weighted by Crippen LogP contribution is -2.06. The van der Waals surface area contributed by atoms with E-state index in [1.54, 1.807) is 0 Å². The Morgan fingerprint density at radius 1 is 1.21 bits per heavy atom. The van der Waals surface area contributed by atoms with Crippen molar-refractivity contribution in [2.75, 3.05) is 6.61 Å². The third-order valence-electron chi connectivity index (χ3n) is 4.53. The zero-order valence-corrected chi connectivity index (χ0v) is 11.6. The van der Waals surface area contributed by atoms with Crippen molar-refractivity contribution in [2.24, 2.45) is 0 Å². The van der Waals surface area contributed by atoms with Crippen molar-refractivity contribution < 1.29 is 9.84 Å². The molecule has 2 nitrogen and oxygen atoms in total. The predicted molar refractivity (Wildman–Crippen MR) is 76.3 cm³/mol. The summed E-state index contributed by atoms with van der Waals surface area (Å²) in [5, 5.41) is 10.3. The highest BCUT2D eigenvalue weighted by molar-refractivity contribution is 5.36. The van der Waals surface area contributed by atoms with Gasteiger partial charge in [-0.05, 0) is 68.1 Å². The number of aryl methyl sites for hydroxylation is 2. The maximum atomic E-state index is 10.3. The number of aliphatic hydroxyl groups excluding tert-OH is 1. The lowest BCUT2D eigenvalue weighted by atomic mass is 9.98. The minimum absolute atomic E-state index is 0.299. The fraction of sp³-hybridized carbons (Fsp3) is 0.647. The van der Waals surface area contributed by atoms with Crippen LogP contribution >= 0.6 is 0 Å². The van der Waals surface area contributed by atoms with Gasteiger partial charge in [-0.2, -0.15) is 0 Å². The second kappa shape index (κ2) is 6.06. The predicted octanol–water partition coefficient (Wildman–Crippen LogP) is 3.56. The molecule has 0 spiro atoms. The molecule has 0 saturated carbocycles. The van der Waals surface area contributed by atoms with Crippen LogP contribution in [0, 0.1) is 0 Å². The van der Waals surface area contributed by atoms with Gasteiger partial charge in [0.1, 0.15) is 0 Å². The highest BCUT2D eigenvalue weighted by Gasteiger charge is 2.17. The maximum Gasteiger partial charge on any atom is 0.0790 e. The molecule has 2 atom stereocenters. The van der Waals surface area contributed by atoms with E-state index in [1.165, 1.54) is 43.2 Å². The molecule has 1 fully saturated rings. The second-order valence-corrected chi connectivity index (χ2v) is 5.96. The van der Waals surface area contributed by atoms with Crippen LogP contribution in [0.4, 0.5) is 0 Å². The number of hydrogen-bond acceptors (Lipinski definition) is 2. The summed E-state index contributed by atoms with van der Waals surface area (Å²) in [6, 6.07) is 6.54. The van der Waals surface area contributed by atoms with Crippen LogP contribution in [0.1, 0.15) is 61.3 Å². The third kappa shape index (κ3) is 3.18. The molecule has 0 aromatic heterocycles. The van der Waals surface area contributed by atoms with E-state index in [4.69, 9.17) is 4.74 Å². The summed E-state index contributed by atoms with van der Waals surface area (Å²) >= 11 is 0. The van der Waals surface area contributed by atoms with Gasteiger partial charge in [0.15, 0.2) is 0 Å². The molecule has 2 unspecified atom stereocenters. The van der Waals surface area contributed by atoms with E-state index in [0.29, 0.717) is 6.10 Å². The van der Waals surface area contributed by atoms with Gasteiger partial charge in [-0.25, -0.2) is 0 Å². The minimum Gasteiger partial charge on any atom is -0.388 e. The van der Waals surface area contributed by atoms with Crippen molar-refractivity contribution in [1.82, 2.24) is 0 Å². The summed E-state index contributed by atoms with van der Waals surface area (Å²) in [4.78, 5) is 0. The molecule has 1 heterocycles. The standard InChI is InChI=1S/C17H24O2/c18-17(8-2-6-16-7-3-11-19-16)15-10-9-13-4-1-5-14(13)12-15/h9-10,12,16-18H,1-8,11H2. The van der Waals surface area contributed by atoms with Crippen molar-refractivity contribution in [3.05, 3.63) is 34.9 Å². The molecule has 1 aromatic carbocycles.